The van der Waals surface area contributed by atoms with E-state index in [1.54, 1.807) is 24.5 Å². The standard InChI is InChI=1S/C15H11FN4O/c16-11-4-5-12-13(6-3-10-2-1-7-18-9-10)19-20(15(17)21)14(12)8-11/h1-9H,(H2,17,21). The smallest absolute Gasteiger partial charge is 0.340 e. The fourth-order valence-corrected chi connectivity index (χ4v) is 2.05. The number of halogens is 1. The quantitative estimate of drug-likeness (QED) is 0.785. The molecule has 0 aliphatic carbocycles. The number of nitrogens with two attached hydrogens (primary N) is 1. The van der Waals surface area contributed by atoms with Crippen LogP contribution < -0.4 is 5.73 Å². The summed E-state index contributed by atoms with van der Waals surface area (Å²) in [5, 5.41) is 4.76. The lowest BCUT2D eigenvalue weighted by Crippen LogP contribution is -2.20. The maximum atomic E-state index is 13.3. The van der Waals surface area contributed by atoms with Crippen LogP contribution in [0.4, 0.5) is 9.18 Å². The van der Waals surface area contributed by atoms with Crippen LogP contribution in [0.15, 0.2) is 42.7 Å². The van der Waals surface area contributed by atoms with Crippen molar-refractivity contribution in [1.29, 1.82) is 0 Å². The first-order valence-electron chi connectivity index (χ1n) is 6.21. The Bertz CT molecular complexity index is 840. The largest absolute Gasteiger partial charge is 0.350 e. The second-order valence-electron chi connectivity index (χ2n) is 4.42. The van der Waals surface area contributed by atoms with Gasteiger partial charge in [-0.05, 0) is 29.8 Å². The van der Waals surface area contributed by atoms with E-state index in [2.05, 4.69) is 10.1 Å². The number of aromatic nitrogens is 3. The van der Waals surface area contributed by atoms with Crippen molar-refractivity contribution in [2.45, 2.75) is 0 Å². The van der Waals surface area contributed by atoms with Crippen molar-refractivity contribution in [2.24, 2.45) is 5.73 Å². The summed E-state index contributed by atoms with van der Waals surface area (Å²) in [5.41, 5.74) is 7.02. The van der Waals surface area contributed by atoms with Crippen molar-refractivity contribution in [1.82, 2.24) is 14.8 Å². The minimum Gasteiger partial charge on any atom is -0.350 e. The average Bonchev–Trinajstić information content (AvgIpc) is 2.84. The first-order valence-corrected chi connectivity index (χ1v) is 6.21. The molecule has 1 amide bonds. The van der Waals surface area contributed by atoms with Crippen LogP contribution in [0.25, 0.3) is 23.1 Å². The van der Waals surface area contributed by atoms with Crippen molar-refractivity contribution in [2.75, 3.05) is 0 Å². The summed E-state index contributed by atoms with van der Waals surface area (Å²) in [6.45, 7) is 0. The molecule has 0 spiro atoms. The monoisotopic (exact) mass is 282 g/mol. The molecule has 0 atom stereocenters. The molecule has 5 nitrogen and oxygen atoms in total. The lowest BCUT2D eigenvalue weighted by molar-refractivity contribution is 0.248. The van der Waals surface area contributed by atoms with E-state index < -0.39 is 11.8 Å². The number of nitrogens with zero attached hydrogens (tertiary/aromatic N) is 3. The third-order valence-electron chi connectivity index (χ3n) is 3.00. The molecule has 2 heterocycles. The predicted molar refractivity (Wildman–Crippen MR) is 77.8 cm³/mol. The van der Waals surface area contributed by atoms with Gasteiger partial charge in [-0.2, -0.15) is 9.78 Å². The van der Waals surface area contributed by atoms with Crippen LogP contribution in [-0.4, -0.2) is 20.8 Å². The third kappa shape index (κ3) is 2.51. The van der Waals surface area contributed by atoms with E-state index in [9.17, 15) is 9.18 Å². The molecular formula is C15H11FN4O. The fourth-order valence-electron chi connectivity index (χ4n) is 2.05. The van der Waals surface area contributed by atoms with Gasteiger partial charge in [0.15, 0.2) is 0 Å². The van der Waals surface area contributed by atoms with Crippen LogP contribution in [0, 0.1) is 5.82 Å². The fraction of sp³-hybridized carbons (Fsp3) is 0. The molecule has 0 aliphatic rings. The van der Waals surface area contributed by atoms with E-state index in [-0.39, 0.29) is 0 Å². The Kier molecular flexibility index (Phi) is 3.19. The van der Waals surface area contributed by atoms with Crippen molar-refractivity contribution >= 4 is 29.1 Å². The van der Waals surface area contributed by atoms with Gasteiger partial charge in [-0.25, -0.2) is 9.18 Å². The highest BCUT2D eigenvalue weighted by molar-refractivity contribution is 5.95. The molecule has 3 rings (SSSR count). The van der Waals surface area contributed by atoms with Crippen LogP contribution >= 0.6 is 0 Å². The average molecular weight is 282 g/mol. The molecule has 21 heavy (non-hydrogen) atoms. The van der Waals surface area contributed by atoms with E-state index in [0.29, 0.717) is 16.6 Å². The minimum atomic E-state index is -0.758. The topological polar surface area (TPSA) is 73.8 Å². The number of hydrogen-bond donors (Lipinski definition) is 1. The molecule has 0 aliphatic heterocycles. The number of amides is 1. The molecule has 2 N–H and O–H groups in total. The molecular weight excluding hydrogens is 271 g/mol. The van der Waals surface area contributed by atoms with E-state index in [1.165, 1.54) is 12.1 Å². The van der Waals surface area contributed by atoms with Crippen molar-refractivity contribution in [3.63, 3.8) is 0 Å². The van der Waals surface area contributed by atoms with Gasteiger partial charge in [0.1, 0.15) is 5.82 Å². The second kappa shape index (κ2) is 5.16. The molecule has 3 aromatic rings. The van der Waals surface area contributed by atoms with Gasteiger partial charge >= 0.3 is 6.03 Å². The predicted octanol–water partition coefficient (Wildman–Crippen LogP) is 2.67. The van der Waals surface area contributed by atoms with E-state index in [0.717, 1.165) is 10.2 Å². The van der Waals surface area contributed by atoms with E-state index in [1.807, 2.05) is 18.2 Å². The van der Waals surface area contributed by atoms with Gasteiger partial charge in [-0.1, -0.05) is 12.1 Å². The molecule has 2 aromatic heterocycles. The summed E-state index contributed by atoms with van der Waals surface area (Å²) in [4.78, 5) is 15.4. The van der Waals surface area contributed by atoms with E-state index >= 15 is 0 Å². The Hall–Kier alpha value is -3.02. The van der Waals surface area contributed by atoms with E-state index in [4.69, 9.17) is 5.73 Å². The number of rotatable bonds is 2. The van der Waals surface area contributed by atoms with Crippen molar-refractivity contribution in [3.8, 4) is 0 Å². The summed E-state index contributed by atoms with van der Waals surface area (Å²) >= 11 is 0. The van der Waals surface area contributed by atoms with Gasteiger partial charge < -0.3 is 5.73 Å². The summed E-state index contributed by atoms with van der Waals surface area (Å²) in [6, 6.07) is 7.06. The highest BCUT2D eigenvalue weighted by Gasteiger charge is 2.12. The number of pyridine rings is 1. The molecule has 0 bridgehead atoms. The molecule has 0 saturated carbocycles. The normalized spacial score (nSPS) is 11.3. The maximum absolute atomic E-state index is 13.3. The minimum absolute atomic E-state index is 0.341. The zero-order valence-electron chi connectivity index (χ0n) is 10.9. The first-order chi connectivity index (χ1) is 10.1. The van der Waals surface area contributed by atoms with Crippen molar-refractivity contribution in [3.05, 3.63) is 59.8 Å². The lowest BCUT2D eigenvalue weighted by atomic mass is 10.1. The van der Waals surface area contributed by atoms with Gasteiger partial charge in [0, 0.05) is 23.8 Å². The molecule has 104 valence electrons. The molecule has 0 fully saturated rings. The van der Waals surface area contributed by atoms with Gasteiger partial charge in [-0.3, -0.25) is 4.98 Å². The van der Waals surface area contributed by atoms with Crippen LogP contribution in [0.5, 0.6) is 0 Å². The number of hydrogen-bond acceptors (Lipinski definition) is 3. The number of benzene rings is 1. The van der Waals surface area contributed by atoms with Gasteiger partial charge in [0.25, 0.3) is 0 Å². The van der Waals surface area contributed by atoms with Gasteiger partial charge in [0.05, 0.1) is 11.2 Å². The summed E-state index contributed by atoms with van der Waals surface area (Å²) in [7, 11) is 0. The van der Waals surface area contributed by atoms with Crippen molar-refractivity contribution < 1.29 is 9.18 Å². The first kappa shape index (κ1) is 13.0. The van der Waals surface area contributed by atoms with Gasteiger partial charge in [0.2, 0.25) is 0 Å². The summed E-state index contributed by atoms with van der Waals surface area (Å²) in [6.07, 6.45) is 6.92. The Morgan fingerprint density at radius 3 is 2.86 bits per heavy atom. The third-order valence-corrected chi connectivity index (χ3v) is 3.00. The van der Waals surface area contributed by atoms with Gasteiger partial charge in [-0.15, -0.1) is 0 Å². The SMILES string of the molecule is NC(=O)n1nc(C=Cc2cccnc2)c2ccc(F)cc21. The van der Waals surface area contributed by atoms with Crippen LogP contribution in [-0.2, 0) is 0 Å². The number of carbonyl (C=O) groups is 1. The highest BCUT2D eigenvalue weighted by Crippen LogP contribution is 2.21. The Balaban J connectivity index is 2.11. The Labute approximate surface area is 119 Å². The molecule has 1 aromatic carbocycles. The lowest BCUT2D eigenvalue weighted by Gasteiger charge is -1.95. The van der Waals surface area contributed by atoms with Crippen LogP contribution in [0.2, 0.25) is 0 Å². The molecule has 0 saturated heterocycles. The molecule has 6 heteroatoms. The Morgan fingerprint density at radius 2 is 2.14 bits per heavy atom. The zero-order chi connectivity index (χ0) is 14.8. The number of fused-ring (bicyclic) bond motifs is 1. The summed E-state index contributed by atoms with van der Waals surface area (Å²) in [5.74, 6) is -0.451. The number of primary amides is 1. The highest BCUT2D eigenvalue weighted by atomic mass is 19.1. The number of carbonyl (C=O) groups excluding carboxylic acids is 1. The maximum Gasteiger partial charge on any atom is 0.340 e. The van der Waals surface area contributed by atoms with Crippen LogP contribution in [0.1, 0.15) is 11.3 Å². The second-order valence-corrected chi connectivity index (χ2v) is 4.42. The summed E-state index contributed by atoms with van der Waals surface area (Å²) < 4.78 is 14.3. The Morgan fingerprint density at radius 1 is 1.29 bits per heavy atom. The zero-order valence-corrected chi connectivity index (χ0v) is 10.9. The van der Waals surface area contributed by atoms with Crippen LogP contribution in [0.3, 0.4) is 0 Å². The molecule has 0 radical (unpaired) electrons. The molecule has 0 unspecified atom stereocenters.